The number of fused-ring (bicyclic) bond motifs is 3. The number of aromatic nitrogens is 3. The minimum atomic E-state index is -0.270. The Balaban J connectivity index is 1.40. The van der Waals surface area contributed by atoms with Crippen LogP contribution < -0.4 is 0 Å². The Kier molecular flexibility index (Phi) is 3.80. The van der Waals surface area contributed by atoms with E-state index in [1.54, 1.807) is 6.07 Å². The summed E-state index contributed by atoms with van der Waals surface area (Å²) in [4.78, 5) is 2.39. The molecule has 5 rings (SSSR count). The van der Waals surface area contributed by atoms with Crippen LogP contribution in [0.2, 0.25) is 0 Å². The molecule has 6 heteroatoms. The topological polar surface area (TPSA) is 43.2 Å². The van der Waals surface area contributed by atoms with Crippen molar-refractivity contribution in [2.24, 2.45) is 0 Å². The Hall–Kier alpha value is -2.57. The van der Waals surface area contributed by atoms with Gasteiger partial charge in [0.15, 0.2) is 0 Å². The first kappa shape index (κ1) is 15.7. The van der Waals surface area contributed by atoms with Crippen molar-refractivity contribution in [3.8, 4) is 11.3 Å². The second-order valence-electron chi connectivity index (χ2n) is 6.94. The second-order valence-corrected chi connectivity index (χ2v) is 6.94. The van der Waals surface area contributed by atoms with E-state index in [-0.39, 0.29) is 18.0 Å². The van der Waals surface area contributed by atoms with Gasteiger partial charge in [-0.05, 0) is 17.7 Å². The molecule has 3 aromatic rings. The number of benzene rings is 2. The summed E-state index contributed by atoms with van der Waals surface area (Å²) in [6, 6.07) is 17.1. The van der Waals surface area contributed by atoms with Crippen molar-refractivity contribution >= 4 is 0 Å². The van der Waals surface area contributed by atoms with Crippen LogP contribution >= 0.6 is 0 Å². The number of hydrogen-bond donors (Lipinski definition) is 0. The van der Waals surface area contributed by atoms with E-state index in [1.807, 2.05) is 16.8 Å². The zero-order chi connectivity index (χ0) is 17.5. The molecule has 5 nitrogen and oxygen atoms in total. The summed E-state index contributed by atoms with van der Waals surface area (Å²) in [5, 5.41) is 8.71. The quantitative estimate of drug-likeness (QED) is 0.728. The molecule has 0 saturated carbocycles. The van der Waals surface area contributed by atoms with Gasteiger partial charge in [0.2, 0.25) is 0 Å². The molecule has 26 heavy (non-hydrogen) atoms. The van der Waals surface area contributed by atoms with Gasteiger partial charge in [-0.3, -0.25) is 4.90 Å². The summed E-state index contributed by atoms with van der Waals surface area (Å²) in [6.45, 7) is 3.11. The van der Waals surface area contributed by atoms with Gasteiger partial charge in [0.05, 0.1) is 24.4 Å². The number of rotatable bonds is 3. The first-order valence-electron chi connectivity index (χ1n) is 8.86. The molecule has 0 radical (unpaired) electrons. The highest BCUT2D eigenvalue weighted by Crippen LogP contribution is 2.34. The predicted molar refractivity (Wildman–Crippen MR) is 94.7 cm³/mol. The lowest BCUT2D eigenvalue weighted by Gasteiger charge is -2.26. The van der Waals surface area contributed by atoms with Crippen LogP contribution in [0.3, 0.4) is 0 Å². The summed E-state index contributed by atoms with van der Waals surface area (Å²) in [5.41, 5.74) is 3.68. The van der Waals surface area contributed by atoms with Crippen LogP contribution in [0.25, 0.3) is 11.3 Å². The van der Waals surface area contributed by atoms with Gasteiger partial charge in [-0.25, -0.2) is 9.07 Å². The molecule has 1 aromatic heterocycles. The van der Waals surface area contributed by atoms with Gasteiger partial charge in [-0.2, -0.15) is 0 Å². The summed E-state index contributed by atoms with van der Waals surface area (Å²) in [7, 11) is 0. The average Bonchev–Trinajstić information content (AvgIpc) is 3.25. The standard InChI is InChI=1S/C20H19FN4O/c21-16-8-4-7-15(9-16)20-18-13-26-19-12-24(10-14-5-2-1-3-6-14)11-17(19)25(18)23-22-20/h1-9,17,19H,10-13H2/t17-,19-/m0/s1. The Morgan fingerprint density at radius 3 is 2.81 bits per heavy atom. The maximum absolute atomic E-state index is 13.6. The fourth-order valence-electron chi connectivity index (χ4n) is 3.96. The Morgan fingerprint density at radius 2 is 1.96 bits per heavy atom. The lowest BCUT2D eigenvalue weighted by molar-refractivity contribution is -0.00494. The van der Waals surface area contributed by atoms with Crippen molar-refractivity contribution < 1.29 is 9.13 Å². The average molecular weight is 350 g/mol. The summed E-state index contributed by atoms with van der Waals surface area (Å²) in [6.07, 6.45) is 0.119. The van der Waals surface area contributed by atoms with Crippen molar-refractivity contribution in [3.05, 3.63) is 71.7 Å². The first-order valence-corrected chi connectivity index (χ1v) is 8.86. The van der Waals surface area contributed by atoms with E-state index in [0.29, 0.717) is 12.3 Å². The van der Waals surface area contributed by atoms with Crippen LogP contribution in [-0.4, -0.2) is 39.1 Å². The van der Waals surface area contributed by atoms with E-state index < -0.39 is 0 Å². The zero-order valence-electron chi connectivity index (χ0n) is 14.3. The highest BCUT2D eigenvalue weighted by molar-refractivity contribution is 5.61. The van der Waals surface area contributed by atoms with Crippen LogP contribution in [0, 0.1) is 5.82 Å². The first-order chi connectivity index (χ1) is 12.8. The molecule has 2 atom stereocenters. The molecule has 3 heterocycles. The van der Waals surface area contributed by atoms with E-state index in [0.717, 1.165) is 30.9 Å². The van der Waals surface area contributed by atoms with Crippen LogP contribution in [0.1, 0.15) is 17.3 Å². The van der Waals surface area contributed by atoms with E-state index in [2.05, 4.69) is 39.5 Å². The van der Waals surface area contributed by atoms with Gasteiger partial charge in [-0.1, -0.05) is 47.7 Å². The molecule has 2 aromatic carbocycles. The summed E-state index contributed by atoms with van der Waals surface area (Å²) in [5.74, 6) is -0.270. The summed E-state index contributed by atoms with van der Waals surface area (Å²) < 4.78 is 21.7. The monoisotopic (exact) mass is 350 g/mol. The largest absolute Gasteiger partial charge is 0.368 e. The molecular weight excluding hydrogens is 331 g/mol. The zero-order valence-corrected chi connectivity index (χ0v) is 14.3. The molecule has 2 aliphatic heterocycles. The van der Waals surface area contributed by atoms with Crippen molar-refractivity contribution in [2.45, 2.75) is 25.3 Å². The van der Waals surface area contributed by atoms with E-state index in [4.69, 9.17) is 4.74 Å². The van der Waals surface area contributed by atoms with Gasteiger partial charge in [0.1, 0.15) is 11.5 Å². The molecule has 2 aliphatic rings. The number of hydrogen-bond acceptors (Lipinski definition) is 4. The molecule has 1 saturated heterocycles. The highest BCUT2D eigenvalue weighted by Gasteiger charge is 2.40. The van der Waals surface area contributed by atoms with Crippen molar-refractivity contribution in [1.29, 1.82) is 0 Å². The van der Waals surface area contributed by atoms with E-state index >= 15 is 0 Å². The molecular formula is C20H19FN4O. The van der Waals surface area contributed by atoms with Crippen molar-refractivity contribution in [3.63, 3.8) is 0 Å². The number of halogens is 1. The second kappa shape index (κ2) is 6.30. The maximum atomic E-state index is 13.6. The van der Waals surface area contributed by atoms with Crippen LogP contribution in [0.15, 0.2) is 54.6 Å². The van der Waals surface area contributed by atoms with Crippen LogP contribution in [0.4, 0.5) is 4.39 Å². The number of likely N-dealkylation sites (tertiary alicyclic amines) is 1. The van der Waals surface area contributed by atoms with Gasteiger partial charge in [0, 0.05) is 25.2 Å². The SMILES string of the molecule is Fc1cccc(-c2nnn3c2CO[C@H]2CN(Cc4ccccc4)C[C@@H]23)c1. The van der Waals surface area contributed by atoms with Crippen molar-refractivity contribution in [1.82, 2.24) is 19.9 Å². The normalized spacial score (nSPS) is 22.2. The Bertz CT molecular complexity index is 927. The highest BCUT2D eigenvalue weighted by atomic mass is 19.1. The van der Waals surface area contributed by atoms with E-state index in [9.17, 15) is 4.39 Å². The molecule has 132 valence electrons. The lowest BCUT2D eigenvalue weighted by Crippen LogP contribution is -2.32. The molecule has 0 spiro atoms. The predicted octanol–water partition coefficient (Wildman–Crippen LogP) is 3.04. The molecule has 0 N–H and O–H groups in total. The van der Waals surface area contributed by atoms with Gasteiger partial charge >= 0.3 is 0 Å². The Morgan fingerprint density at radius 1 is 1.08 bits per heavy atom. The molecule has 1 fully saturated rings. The third kappa shape index (κ3) is 2.71. The third-order valence-electron chi connectivity index (χ3n) is 5.20. The third-order valence-corrected chi connectivity index (χ3v) is 5.20. The molecule has 0 aliphatic carbocycles. The van der Waals surface area contributed by atoms with Gasteiger partial charge in [-0.15, -0.1) is 5.10 Å². The van der Waals surface area contributed by atoms with Gasteiger partial charge in [0.25, 0.3) is 0 Å². The maximum Gasteiger partial charge on any atom is 0.123 e. The Labute approximate surface area is 151 Å². The van der Waals surface area contributed by atoms with E-state index in [1.165, 1.54) is 17.7 Å². The lowest BCUT2D eigenvalue weighted by atomic mass is 10.1. The van der Waals surface area contributed by atoms with Crippen LogP contribution in [0.5, 0.6) is 0 Å². The molecule has 0 bridgehead atoms. The fraction of sp³-hybridized carbons (Fsp3) is 0.300. The van der Waals surface area contributed by atoms with Crippen LogP contribution in [-0.2, 0) is 17.9 Å². The molecule has 0 amide bonds. The van der Waals surface area contributed by atoms with Gasteiger partial charge < -0.3 is 4.74 Å². The number of ether oxygens (including phenoxy) is 1. The number of nitrogens with zero attached hydrogens (tertiary/aromatic N) is 4. The molecule has 0 unspecified atom stereocenters. The fourth-order valence-corrected chi connectivity index (χ4v) is 3.96. The minimum absolute atomic E-state index is 0.119. The summed E-state index contributed by atoms with van der Waals surface area (Å²) >= 11 is 0. The smallest absolute Gasteiger partial charge is 0.123 e. The minimum Gasteiger partial charge on any atom is -0.368 e. The van der Waals surface area contributed by atoms with Crippen molar-refractivity contribution in [2.75, 3.05) is 13.1 Å².